The van der Waals surface area contributed by atoms with Crippen LogP contribution >= 0.6 is 0 Å². The average Bonchev–Trinajstić information content (AvgIpc) is 2.77. The molecule has 0 unspecified atom stereocenters. The Labute approximate surface area is 117 Å². The van der Waals surface area contributed by atoms with E-state index in [0.717, 1.165) is 22.1 Å². The van der Waals surface area contributed by atoms with Crippen LogP contribution in [0.2, 0.25) is 0 Å². The number of hydrogen-bond acceptors (Lipinski definition) is 2. The molecular weight excluding hydrogens is 250 g/mol. The Morgan fingerprint density at radius 1 is 1.35 bits per heavy atom. The lowest BCUT2D eigenvalue weighted by Crippen LogP contribution is -2.24. The molecule has 20 heavy (non-hydrogen) atoms. The summed E-state index contributed by atoms with van der Waals surface area (Å²) in [5.74, 6) is -0.0522. The lowest BCUT2D eigenvalue weighted by Gasteiger charge is -2.12. The number of carbonyl (C=O) groups is 1. The van der Waals surface area contributed by atoms with E-state index in [0.29, 0.717) is 0 Å². The van der Waals surface area contributed by atoms with E-state index in [1.165, 1.54) is 17.9 Å². The fourth-order valence-electron chi connectivity index (χ4n) is 2.78. The van der Waals surface area contributed by atoms with Gasteiger partial charge < -0.3 is 10.3 Å². The maximum atomic E-state index is 11.2. The van der Waals surface area contributed by atoms with Gasteiger partial charge in [0.1, 0.15) is 0 Å². The van der Waals surface area contributed by atoms with Crippen LogP contribution in [0.3, 0.4) is 0 Å². The first-order valence-electron chi connectivity index (χ1n) is 6.71. The van der Waals surface area contributed by atoms with Gasteiger partial charge in [-0.1, -0.05) is 12.1 Å². The predicted molar refractivity (Wildman–Crippen MR) is 80.6 cm³/mol. The third kappa shape index (κ3) is 1.93. The minimum atomic E-state index is -0.121. The van der Waals surface area contributed by atoms with Crippen molar-refractivity contribution in [2.24, 2.45) is 0 Å². The largest absolute Gasteiger partial charge is 0.353 e. The minimum Gasteiger partial charge on any atom is -0.353 e. The van der Waals surface area contributed by atoms with Crippen LogP contribution in [0.15, 0.2) is 30.5 Å². The molecule has 0 bridgehead atoms. The number of hydrogen-bond donors (Lipinski definition) is 2. The number of H-pyrrole nitrogens is 1. The number of pyridine rings is 1. The molecule has 0 spiro atoms. The molecule has 3 aromatic rings. The quantitative estimate of drug-likeness (QED) is 0.749. The molecule has 0 radical (unpaired) electrons. The van der Waals surface area contributed by atoms with E-state index in [1.807, 2.05) is 19.1 Å². The molecule has 0 aliphatic heterocycles. The van der Waals surface area contributed by atoms with Gasteiger partial charge in [0.05, 0.1) is 17.3 Å². The van der Waals surface area contributed by atoms with Crippen molar-refractivity contribution in [3.63, 3.8) is 0 Å². The predicted octanol–water partition coefficient (Wildman–Crippen LogP) is 3.22. The molecule has 0 saturated carbocycles. The zero-order valence-corrected chi connectivity index (χ0v) is 11.8. The average molecular weight is 267 g/mol. The number of aryl methyl sites for hydroxylation is 1. The standard InChI is InChI=1S/C16H17N3O/c1-9-5-4-6-13-14(9)12-7-8-17-15(16(12)19-13)10(2)18-11(3)20/h4-8,10,19H,1-3H3,(H,18,20)/t10-/m1/s1. The summed E-state index contributed by atoms with van der Waals surface area (Å²) in [4.78, 5) is 19.1. The molecule has 0 saturated heterocycles. The summed E-state index contributed by atoms with van der Waals surface area (Å²) in [6, 6.07) is 8.11. The van der Waals surface area contributed by atoms with Crippen LogP contribution in [-0.4, -0.2) is 15.9 Å². The van der Waals surface area contributed by atoms with Gasteiger partial charge in [0.25, 0.3) is 0 Å². The third-order valence-electron chi connectivity index (χ3n) is 3.61. The monoisotopic (exact) mass is 267 g/mol. The van der Waals surface area contributed by atoms with Gasteiger partial charge in [-0.25, -0.2) is 0 Å². The lowest BCUT2D eigenvalue weighted by atomic mass is 10.1. The lowest BCUT2D eigenvalue weighted by molar-refractivity contribution is -0.119. The van der Waals surface area contributed by atoms with Crippen LogP contribution in [-0.2, 0) is 4.79 Å². The normalized spacial score (nSPS) is 12.8. The highest BCUT2D eigenvalue weighted by Gasteiger charge is 2.15. The summed E-state index contributed by atoms with van der Waals surface area (Å²) in [5, 5.41) is 5.27. The molecule has 2 aromatic heterocycles. The molecule has 4 heteroatoms. The van der Waals surface area contributed by atoms with Crippen LogP contribution in [0.25, 0.3) is 21.8 Å². The van der Waals surface area contributed by atoms with E-state index < -0.39 is 0 Å². The van der Waals surface area contributed by atoms with Gasteiger partial charge in [-0.15, -0.1) is 0 Å². The van der Waals surface area contributed by atoms with Gasteiger partial charge in [0.15, 0.2) is 0 Å². The van der Waals surface area contributed by atoms with Crippen LogP contribution in [0, 0.1) is 6.92 Å². The van der Waals surface area contributed by atoms with E-state index in [2.05, 4.69) is 34.3 Å². The first kappa shape index (κ1) is 12.7. The molecule has 4 nitrogen and oxygen atoms in total. The summed E-state index contributed by atoms with van der Waals surface area (Å²) < 4.78 is 0. The number of benzene rings is 1. The molecule has 1 amide bonds. The highest BCUT2D eigenvalue weighted by atomic mass is 16.1. The van der Waals surface area contributed by atoms with E-state index in [9.17, 15) is 4.79 Å². The second-order valence-corrected chi connectivity index (χ2v) is 5.16. The van der Waals surface area contributed by atoms with Gasteiger partial charge in [-0.2, -0.15) is 0 Å². The summed E-state index contributed by atoms with van der Waals surface area (Å²) in [6.45, 7) is 5.57. The molecular formula is C16H17N3O. The van der Waals surface area contributed by atoms with E-state index in [4.69, 9.17) is 0 Å². The van der Waals surface area contributed by atoms with Gasteiger partial charge in [-0.05, 0) is 31.5 Å². The van der Waals surface area contributed by atoms with Crippen molar-refractivity contribution in [2.45, 2.75) is 26.8 Å². The number of rotatable bonds is 2. The first-order chi connectivity index (χ1) is 9.58. The number of amides is 1. The third-order valence-corrected chi connectivity index (χ3v) is 3.61. The smallest absolute Gasteiger partial charge is 0.217 e. The second-order valence-electron chi connectivity index (χ2n) is 5.16. The molecule has 1 atom stereocenters. The zero-order valence-electron chi connectivity index (χ0n) is 11.8. The molecule has 0 aliphatic carbocycles. The Morgan fingerprint density at radius 2 is 2.15 bits per heavy atom. The van der Waals surface area contributed by atoms with Gasteiger partial charge in [0, 0.05) is 29.4 Å². The number of aromatic nitrogens is 2. The topological polar surface area (TPSA) is 57.8 Å². The van der Waals surface area contributed by atoms with Gasteiger partial charge >= 0.3 is 0 Å². The first-order valence-corrected chi connectivity index (χ1v) is 6.71. The molecule has 2 N–H and O–H groups in total. The van der Waals surface area contributed by atoms with Crippen molar-refractivity contribution < 1.29 is 4.79 Å². The summed E-state index contributed by atoms with van der Waals surface area (Å²) in [5.41, 5.74) is 4.20. The fraction of sp³-hybridized carbons (Fsp3) is 0.250. The number of aromatic amines is 1. The maximum Gasteiger partial charge on any atom is 0.217 e. The second kappa shape index (κ2) is 4.63. The number of nitrogens with one attached hydrogen (secondary N) is 2. The zero-order chi connectivity index (χ0) is 14.3. The van der Waals surface area contributed by atoms with Crippen LogP contribution in [0.1, 0.15) is 31.1 Å². The Balaban J connectivity index is 2.27. The highest BCUT2D eigenvalue weighted by Crippen LogP contribution is 2.30. The van der Waals surface area contributed by atoms with E-state index in [1.54, 1.807) is 6.20 Å². The molecule has 0 fully saturated rings. The number of fused-ring (bicyclic) bond motifs is 3. The molecule has 3 rings (SSSR count). The molecule has 102 valence electrons. The fourth-order valence-corrected chi connectivity index (χ4v) is 2.78. The number of carbonyl (C=O) groups excluding carboxylic acids is 1. The maximum absolute atomic E-state index is 11.2. The van der Waals surface area contributed by atoms with Crippen LogP contribution in [0.5, 0.6) is 0 Å². The minimum absolute atomic E-state index is 0.0522. The molecule has 2 heterocycles. The van der Waals surface area contributed by atoms with Crippen LogP contribution < -0.4 is 5.32 Å². The Morgan fingerprint density at radius 3 is 2.90 bits per heavy atom. The molecule has 0 aliphatic rings. The van der Waals surface area contributed by atoms with Crippen molar-refractivity contribution in [3.8, 4) is 0 Å². The van der Waals surface area contributed by atoms with E-state index in [-0.39, 0.29) is 11.9 Å². The Kier molecular flexibility index (Phi) is 2.93. The van der Waals surface area contributed by atoms with Gasteiger partial charge in [0.2, 0.25) is 5.91 Å². The van der Waals surface area contributed by atoms with Crippen molar-refractivity contribution >= 4 is 27.7 Å². The number of nitrogens with zero attached hydrogens (tertiary/aromatic N) is 1. The Bertz CT molecular complexity index is 804. The van der Waals surface area contributed by atoms with Crippen molar-refractivity contribution in [1.29, 1.82) is 0 Å². The van der Waals surface area contributed by atoms with Gasteiger partial charge in [-0.3, -0.25) is 9.78 Å². The SMILES string of the molecule is CC(=O)N[C@H](C)c1nccc2c1[nH]c1cccc(C)c12. The van der Waals surface area contributed by atoms with Crippen LogP contribution in [0.4, 0.5) is 0 Å². The Hall–Kier alpha value is -2.36. The van der Waals surface area contributed by atoms with Crippen molar-refractivity contribution in [3.05, 3.63) is 41.7 Å². The summed E-state index contributed by atoms with van der Waals surface area (Å²) in [6.07, 6.45) is 1.80. The summed E-state index contributed by atoms with van der Waals surface area (Å²) in [7, 11) is 0. The summed E-state index contributed by atoms with van der Waals surface area (Å²) >= 11 is 0. The highest BCUT2D eigenvalue weighted by molar-refractivity contribution is 6.09. The van der Waals surface area contributed by atoms with E-state index >= 15 is 0 Å². The molecule has 1 aromatic carbocycles. The van der Waals surface area contributed by atoms with Crippen molar-refractivity contribution in [2.75, 3.05) is 0 Å². The van der Waals surface area contributed by atoms with Crippen molar-refractivity contribution in [1.82, 2.24) is 15.3 Å².